The van der Waals surface area contributed by atoms with Gasteiger partial charge >= 0.3 is 0 Å². The number of aromatic nitrogens is 2. The standard InChI is InChI=1S/C8H6N2O.Ga/c11-8-5-9-6-3-1-2-4-7(6)10-8;/h1-5H,(H,10,11);. The molecule has 3 nitrogen and oxygen atoms in total. The average Bonchev–Trinajstić information content (AvgIpc) is 2.04. The zero-order valence-electron chi connectivity index (χ0n) is 6.32. The number of aromatic amines is 1. The van der Waals surface area contributed by atoms with Crippen LogP contribution in [-0.4, -0.2) is 29.8 Å². The quantitative estimate of drug-likeness (QED) is 0.653. The molecule has 1 aromatic carbocycles. The average molecular weight is 216 g/mol. The van der Waals surface area contributed by atoms with Gasteiger partial charge in [0.1, 0.15) is 0 Å². The van der Waals surface area contributed by atoms with Crippen LogP contribution < -0.4 is 5.56 Å². The van der Waals surface area contributed by atoms with E-state index in [0.29, 0.717) is 0 Å². The zero-order chi connectivity index (χ0) is 7.68. The van der Waals surface area contributed by atoms with E-state index in [0.717, 1.165) is 11.0 Å². The van der Waals surface area contributed by atoms with E-state index in [9.17, 15) is 4.79 Å². The molecule has 1 aromatic heterocycles. The summed E-state index contributed by atoms with van der Waals surface area (Å²) in [5.74, 6) is 0. The monoisotopic (exact) mass is 215 g/mol. The van der Waals surface area contributed by atoms with Crippen molar-refractivity contribution < 1.29 is 0 Å². The third kappa shape index (κ3) is 1.59. The predicted molar refractivity (Wildman–Crippen MR) is 48.1 cm³/mol. The van der Waals surface area contributed by atoms with Crippen molar-refractivity contribution in [3.8, 4) is 0 Å². The van der Waals surface area contributed by atoms with Crippen LogP contribution in [0, 0.1) is 0 Å². The molecule has 0 amide bonds. The van der Waals surface area contributed by atoms with Gasteiger partial charge in [-0.2, -0.15) is 0 Å². The fourth-order valence-corrected chi connectivity index (χ4v) is 0.985. The Hall–Kier alpha value is -1.00. The summed E-state index contributed by atoms with van der Waals surface area (Å²) >= 11 is 0. The van der Waals surface area contributed by atoms with Gasteiger partial charge < -0.3 is 4.98 Å². The van der Waals surface area contributed by atoms with Gasteiger partial charge in [-0.3, -0.25) is 4.79 Å². The number of para-hydroxylation sites is 2. The van der Waals surface area contributed by atoms with Crippen molar-refractivity contribution in [2.24, 2.45) is 0 Å². The van der Waals surface area contributed by atoms with Crippen molar-refractivity contribution >= 4 is 30.8 Å². The second-order valence-electron chi connectivity index (χ2n) is 2.26. The van der Waals surface area contributed by atoms with Crippen molar-refractivity contribution in [3.63, 3.8) is 0 Å². The summed E-state index contributed by atoms with van der Waals surface area (Å²) in [5.41, 5.74) is 1.43. The number of nitrogens with zero attached hydrogens (tertiary/aromatic N) is 1. The first-order valence-corrected chi connectivity index (χ1v) is 3.30. The van der Waals surface area contributed by atoms with Crippen molar-refractivity contribution in [2.75, 3.05) is 0 Å². The molecule has 0 fully saturated rings. The van der Waals surface area contributed by atoms with Crippen LogP contribution in [0.3, 0.4) is 0 Å². The normalized spacial score (nSPS) is 9.33. The van der Waals surface area contributed by atoms with Crippen molar-refractivity contribution in [1.82, 2.24) is 9.97 Å². The van der Waals surface area contributed by atoms with E-state index in [4.69, 9.17) is 0 Å². The molecule has 0 bridgehead atoms. The van der Waals surface area contributed by atoms with Gasteiger partial charge in [0.25, 0.3) is 5.56 Å². The number of hydrogen-bond donors (Lipinski definition) is 1. The molecule has 0 spiro atoms. The molecule has 0 saturated carbocycles. The third-order valence-corrected chi connectivity index (χ3v) is 1.48. The number of benzene rings is 1. The third-order valence-electron chi connectivity index (χ3n) is 1.48. The Balaban J connectivity index is 0.000000720. The molecule has 12 heavy (non-hydrogen) atoms. The minimum absolute atomic E-state index is 0. The smallest absolute Gasteiger partial charge is 0.266 e. The molecule has 4 heteroatoms. The minimum Gasteiger partial charge on any atom is -0.319 e. The van der Waals surface area contributed by atoms with Gasteiger partial charge in [-0.25, -0.2) is 4.98 Å². The van der Waals surface area contributed by atoms with Gasteiger partial charge in [0.05, 0.1) is 17.2 Å². The van der Waals surface area contributed by atoms with Crippen molar-refractivity contribution in [2.45, 2.75) is 0 Å². The van der Waals surface area contributed by atoms with Gasteiger partial charge in [0.15, 0.2) is 0 Å². The first-order valence-electron chi connectivity index (χ1n) is 3.30. The van der Waals surface area contributed by atoms with Crippen molar-refractivity contribution in [3.05, 3.63) is 40.8 Å². The molecule has 0 atom stereocenters. The maximum atomic E-state index is 10.8. The Morgan fingerprint density at radius 2 is 2.00 bits per heavy atom. The Bertz CT molecular complexity index is 438. The van der Waals surface area contributed by atoms with E-state index in [1.54, 1.807) is 0 Å². The van der Waals surface area contributed by atoms with Crippen molar-refractivity contribution in [1.29, 1.82) is 0 Å². The molecule has 0 aliphatic rings. The molecule has 0 unspecified atom stereocenters. The largest absolute Gasteiger partial charge is 0.319 e. The summed E-state index contributed by atoms with van der Waals surface area (Å²) in [4.78, 5) is 17.4. The van der Waals surface area contributed by atoms with Crippen LogP contribution in [0.25, 0.3) is 11.0 Å². The molecule has 1 heterocycles. The van der Waals surface area contributed by atoms with E-state index in [-0.39, 0.29) is 25.3 Å². The first kappa shape index (κ1) is 9.09. The Morgan fingerprint density at radius 3 is 2.83 bits per heavy atom. The van der Waals surface area contributed by atoms with E-state index < -0.39 is 0 Å². The molecule has 2 aromatic rings. The maximum Gasteiger partial charge on any atom is 0.266 e. The molecular formula is C8H6GaN2O. The Morgan fingerprint density at radius 1 is 1.25 bits per heavy atom. The second-order valence-corrected chi connectivity index (χ2v) is 2.26. The van der Waals surface area contributed by atoms with Gasteiger partial charge in [0, 0.05) is 19.8 Å². The van der Waals surface area contributed by atoms with Crippen LogP contribution in [0.15, 0.2) is 35.3 Å². The zero-order valence-corrected chi connectivity index (χ0v) is 8.74. The Kier molecular flexibility index (Phi) is 2.72. The summed E-state index contributed by atoms with van der Waals surface area (Å²) in [7, 11) is 0. The number of H-pyrrole nitrogens is 1. The van der Waals surface area contributed by atoms with Gasteiger partial charge in [-0.1, -0.05) is 12.1 Å². The molecule has 2 rings (SSSR count). The second kappa shape index (κ2) is 3.60. The van der Waals surface area contributed by atoms with Gasteiger partial charge in [-0.05, 0) is 12.1 Å². The SMILES string of the molecule is O=c1cnc2ccccc2[nH]1.[Ga]. The summed E-state index contributed by atoms with van der Waals surface area (Å²) in [6.45, 7) is 0. The topological polar surface area (TPSA) is 45.8 Å². The van der Waals surface area contributed by atoms with Crippen LogP contribution in [0.2, 0.25) is 0 Å². The maximum absolute atomic E-state index is 10.8. The number of nitrogens with one attached hydrogen (secondary N) is 1. The molecule has 0 saturated heterocycles. The molecule has 57 valence electrons. The van der Waals surface area contributed by atoms with E-state index in [1.807, 2.05) is 24.3 Å². The summed E-state index contributed by atoms with van der Waals surface area (Å²) < 4.78 is 0. The number of hydrogen-bond acceptors (Lipinski definition) is 2. The fourth-order valence-electron chi connectivity index (χ4n) is 0.985. The molecule has 0 aliphatic heterocycles. The fraction of sp³-hybridized carbons (Fsp3) is 0. The van der Waals surface area contributed by atoms with Crippen LogP contribution in [-0.2, 0) is 0 Å². The van der Waals surface area contributed by atoms with Crippen LogP contribution >= 0.6 is 0 Å². The number of fused-ring (bicyclic) bond motifs is 1. The Labute approximate surface area is 81.9 Å². The summed E-state index contributed by atoms with van der Waals surface area (Å²) in [5, 5.41) is 0. The van der Waals surface area contributed by atoms with E-state index in [1.165, 1.54) is 6.20 Å². The molecule has 3 radical (unpaired) electrons. The predicted octanol–water partition coefficient (Wildman–Crippen LogP) is 0.542. The number of rotatable bonds is 0. The summed E-state index contributed by atoms with van der Waals surface area (Å²) in [6, 6.07) is 7.42. The van der Waals surface area contributed by atoms with Crippen LogP contribution in [0.1, 0.15) is 0 Å². The van der Waals surface area contributed by atoms with Gasteiger partial charge in [0.2, 0.25) is 0 Å². The minimum atomic E-state index is -0.163. The van der Waals surface area contributed by atoms with Crippen LogP contribution in [0.5, 0.6) is 0 Å². The van der Waals surface area contributed by atoms with E-state index in [2.05, 4.69) is 9.97 Å². The van der Waals surface area contributed by atoms with Crippen LogP contribution in [0.4, 0.5) is 0 Å². The first-order chi connectivity index (χ1) is 5.36. The molecule has 1 N–H and O–H groups in total. The molecule has 0 aliphatic carbocycles. The molecular weight excluding hydrogens is 210 g/mol. The summed E-state index contributed by atoms with van der Waals surface area (Å²) in [6.07, 6.45) is 1.28. The van der Waals surface area contributed by atoms with Gasteiger partial charge in [-0.15, -0.1) is 0 Å². The van der Waals surface area contributed by atoms with E-state index >= 15 is 0 Å².